The van der Waals surface area contributed by atoms with Crippen LogP contribution in [0.1, 0.15) is 58.7 Å². The molecule has 1 aliphatic carbocycles. The van der Waals surface area contributed by atoms with Crippen LogP contribution in [0.4, 0.5) is 0 Å². The largest absolute Gasteiger partial charge is 0.346 e. The molecule has 120 valence electrons. The van der Waals surface area contributed by atoms with Crippen LogP contribution >= 0.6 is 0 Å². The summed E-state index contributed by atoms with van der Waals surface area (Å²) in [4.78, 5) is 0.373. The predicted molar refractivity (Wildman–Crippen MR) is 84.8 cm³/mol. The van der Waals surface area contributed by atoms with Crippen molar-refractivity contribution in [2.45, 2.75) is 70.0 Å². The summed E-state index contributed by atoms with van der Waals surface area (Å²) in [5.74, 6) is 0. The molecule has 0 aliphatic heterocycles. The smallest absolute Gasteiger partial charge is 0.242 e. The van der Waals surface area contributed by atoms with Crippen molar-refractivity contribution in [1.82, 2.24) is 14.6 Å². The first kappa shape index (κ1) is 16.5. The van der Waals surface area contributed by atoms with Crippen LogP contribution in [0.5, 0.6) is 0 Å². The van der Waals surface area contributed by atoms with Crippen molar-refractivity contribution in [3.8, 4) is 0 Å². The topological polar surface area (TPSA) is 63.1 Å². The maximum atomic E-state index is 12.5. The number of aromatic nitrogens is 1. The Kier molecular flexibility index (Phi) is 4.80. The Morgan fingerprint density at radius 1 is 1.38 bits per heavy atom. The summed E-state index contributed by atoms with van der Waals surface area (Å²) >= 11 is 0. The average molecular weight is 313 g/mol. The molecule has 0 unspecified atom stereocenters. The van der Waals surface area contributed by atoms with Gasteiger partial charge in [0.05, 0.1) is 4.90 Å². The van der Waals surface area contributed by atoms with E-state index in [0.29, 0.717) is 11.4 Å². The van der Waals surface area contributed by atoms with Crippen molar-refractivity contribution in [3.05, 3.63) is 18.0 Å². The summed E-state index contributed by atoms with van der Waals surface area (Å²) in [6.45, 7) is 9.82. The molecule has 1 fully saturated rings. The summed E-state index contributed by atoms with van der Waals surface area (Å²) in [5.41, 5.74) is 0.777. The first-order valence-corrected chi connectivity index (χ1v) is 9.21. The van der Waals surface area contributed by atoms with E-state index in [0.717, 1.165) is 31.5 Å². The van der Waals surface area contributed by atoms with Gasteiger partial charge in [-0.3, -0.25) is 0 Å². The fourth-order valence-corrected chi connectivity index (χ4v) is 3.85. The Morgan fingerprint density at radius 2 is 2.05 bits per heavy atom. The van der Waals surface area contributed by atoms with E-state index in [4.69, 9.17) is 0 Å². The van der Waals surface area contributed by atoms with Crippen LogP contribution in [0.15, 0.2) is 17.2 Å². The number of rotatable bonds is 8. The second-order valence-electron chi connectivity index (χ2n) is 6.51. The molecule has 5 nitrogen and oxygen atoms in total. The molecule has 1 aromatic heterocycles. The molecule has 0 saturated heterocycles. The molecule has 2 N–H and O–H groups in total. The minimum Gasteiger partial charge on any atom is -0.346 e. The highest BCUT2D eigenvalue weighted by atomic mass is 32.2. The van der Waals surface area contributed by atoms with E-state index in [1.807, 2.05) is 11.5 Å². The molecule has 6 heteroatoms. The van der Waals surface area contributed by atoms with Gasteiger partial charge in [0, 0.05) is 30.0 Å². The van der Waals surface area contributed by atoms with Gasteiger partial charge in [-0.25, -0.2) is 13.1 Å². The second kappa shape index (κ2) is 6.10. The third kappa shape index (κ3) is 4.08. The summed E-state index contributed by atoms with van der Waals surface area (Å²) in [6, 6.07) is 2.03. The van der Waals surface area contributed by atoms with Crippen molar-refractivity contribution >= 4 is 10.0 Å². The van der Waals surface area contributed by atoms with Gasteiger partial charge in [0.1, 0.15) is 0 Å². The zero-order valence-corrected chi connectivity index (χ0v) is 14.3. The Bertz CT molecular complexity index is 586. The molecule has 0 aromatic carbocycles. The van der Waals surface area contributed by atoms with Gasteiger partial charge in [-0.2, -0.15) is 0 Å². The van der Waals surface area contributed by atoms with Crippen LogP contribution < -0.4 is 10.0 Å². The van der Waals surface area contributed by atoms with Crippen LogP contribution in [0, 0.1) is 0 Å². The monoisotopic (exact) mass is 313 g/mol. The first-order chi connectivity index (χ1) is 9.77. The zero-order chi connectivity index (χ0) is 15.7. The zero-order valence-electron chi connectivity index (χ0n) is 13.4. The maximum Gasteiger partial charge on any atom is 0.242 e. The van der Waals surface area contributed by atoms with Crippen LogP contribution in [0.2, 0.25) is 0 Å². The lowest BCUT2D eigenvalue weighted by atomic mass is 10.3. The van der Waals surface area contributed by atoms with Gasteiger partial charge < -0.3 is 9.88 Å². The summed E-state index contributed by atoms with van der Waals surface area (Å²) < 4.78 is 29.8. The molecule has 0 bridgehead atoms. The molecule has 1 saturated carbocycles. The van der Waals surface area contributed by atoms with Crippen LogP contribution in [-0.2, 0) is 16.6 Å². The number of hydrogen-bond acceptors (Lipinski definition) is 3. The lowest BCUT2D eigenvalue weighted by molar-refractivity contribution is 0.547. The van der Waals surface area contributed by atoms with E-state index in [2.05, 4.69) is 30.8 Å². The Morgan fingerprint density at radius 3 is 2.57 bits per heavy atom. The molecule has 0 radical (unpaired) electrons. The van der Waals surface area contributed by atoms with E-state index < -0.39 is 10.0 Å². The first-order valence-electron chi connectivity index (χ1n) is 7.73. The normalized spacial score (nSPS) is 17.4. The van der Waals surface area contributed by atoms with E-state index >= 15 is 0 Å². The van der Waals surface area contributed by atoms with E-state index in [9.17, 15) is 8.42 Å². The van der Waals surface area contributed by atoms with Crippen molar-refractivity contribution in [3.63, 3.8) is 0 Å². The van der Waals surface area contributed by atoms with Gasteiger partial charge in [0.2, 0.25) is 10.0 Å². The van der Waals surface area contributed by atoms with Crippen LogP contribution in [0.3, 0.4) is 0 Å². The van der Waals surface area contributed by atoms with Crippen molar-refractivity contribution in [2.75, 3.05) is 6.54 Å². The van der Waals surface area contributed by atoms with Crippen molar-refractivity contribution in [1.29, 1.82) is 0 Å². The fourth-order valence-electron chi connectivity index (χ4n) is 2.33. The standard InChI is InChI=1S/C15H27N3O2S/c1-5-8-16-10-13-9-14(11-18(13)12(2)3)21(19,20)17-15(4)6-7-15/h9,11-12,16-17H,5-8,10H2,1-4H3. The molecule has 0 amide bonds. The summed E-state index contributed by atoms with van der Waals surface area (Å²) in [5, 5.41) is 3.34. The third-order valence-electron chi connectivity index (χ3n) is 3.89. The van der Waals surface area contributed by atoms with Crippen molar-refractivity contribution < 1.29 is 8.42 Å². The molecule has 0 spiro atoms. The summed E-state index contributed by atoms with van der Waals surface area (Å²) in [6.07, 6.45) is 4.65. The van der Waals surface area contributed by atoms with E-state index in [1.54, 1.807) is 12.3 Å². The van der Waals surface area contributed by atoms with Crippen LogP contribution in [0.25, 0.3) is 0 Å². The highest BCUT2D eigenvalue weighted by Gasteiger charge is 2.41. The van der Waals surface area contributed by atoms with Crippen LogP contribution in [-0.4, -0.2) is 25.1 Å². The highest BCUT2D eigenvalue weighted by molar-refractivity contribution is 7.89. The van der Waals surface area contributed by atoms with Crippen molar-refractivity contribution in [2.24, 2.45) is 0 Å². The molecule has 1 aromatic rings. The van der Waals surface area contributed by atoms with E-state index in [1.165, 1.54) is 0 Å². The van der Waals surface area contributed by atoms with Gasteiger partial charge in [-0.15, -0.1) is 0 Å². The highest BCUT2D eigenvalue weighted by Crippen LogP contribution is 2.36. The van der Waals surface area contributed by atoms with E-state index in [-0.39, 0.29) is 11.6 Å². The lowest BCUT2D eigenvalue weighted by Gasteiger charge is -2.13. The Balaban J connectivity index is 2.21. The third-order valence-corrected chi connectivity index (χ3v) is 5.49. The molecule has 1 aliphatic rings. The SMILES string of the molecule is CCCNCc1cc(S(=O)(=O)NC2(C)CC2)cn1C(C)C. The lowest BCUT2D eigenvalue weighted by Crippen LogP contribution is -2.34. The van der Waals surface area contributed by atoms with Gasteiger partial charge >= 0.3 is 0 Å². The second-order valence-corrected chi connectivity index (χ2v) is 8.19. The minimum absolute atomic E-state index is 0.237. The van der Waals surface area contributed by atoms with Gasteiger partial charge in [-0.05, 0) is 52.6 Å². The quantitative estimate of drug-likeness (QED) is 0.724. The number of nitrogens with zero attached hydrogens (tertiary/aromatic N) is 1. The maximum absolute atomic E-state index is 12.5. The fraction of sp³-hybridized carbons (Fsp3) is 0.733. The molecule has 21 heavy (non-hydrogen) atoms. The summed E-state index contributed by atoms with van der Waals surface area (Å²) in [7, 11) is -3.42. The van der Waals surface area contributed by atoms with Gasteiger partial charge in [0.25, 0.3) is 0 Å². The average Bonchev–Trinajstić information content (AvgIpc) is 2.92. The minimum atomic E-state index is -3.42. The molecular weight excluding hydrogens is 286 g/mol. The Labute approximate surface area is 128 Å². The number of nitrogens with one attached hydrogen (secondary N) is 2. The predicted octanol–water partition coefficient (Wildman–Crippen LogP) is 2.40. The van der Waals surface area contributed by atoms with Gasteiger partial charge in [0.15, 0.2) is 0 Å². The Hall–Kier alpha value is -0.850. The molecule has 1 heterocycles. The number of hydrogen-bond donors (Lipinski definition) is 2. The van der Waals surface area contributed by atoms with Gasteiger partial charge in [-0.1, -0.05) is 6.92 Å². The number of sulfonamides is 1. The molecular formula is C15H27N3O2S. The molecule has 2 rings (SSSR count). The molecule has 0 atom stereocenters.